The number of para-hydroxylation sites is 1. The highest BCUT2D eigenvalue weighted by Gasteiger charge is 2.51. The maximum Gasteiger partial charge on any atom is 0.470 e. The Morgan fingerprint density at radius 1 is 0.805 bits per heavy atom. The first-order valence-corrected chi connectivity index (χ1v) is 14.0. The fourth-order valence-electron chi connectivity index (χ4n) is 4.35. The van der Waals surface area contributed by atoms with Crippen molar-refractivity contribution in [2.45, 2.75) is 36.9 Å². The van der Waals surface area contributed by atoms with Gasteiger partial charge in [-0.2, -0.15) is 0 Å². The zero-order valence-electron chi connectivity index (χ0n) is 21.5. The molecular formula is C28H28NO11P. The minimum atomic E-state index is -5.28. The number of nitrogen functional groups attached to an aromatic ring is 1. The maximum atomic E-state index is 13.2. The van der Waals surface area contributed by atoms with Crippen LogP contribution in [0.3, 0.4) is 0 Å². The Hall–Kier alpha value is -3.90. The van der Waals surface area contributed by atoms with E-state index in [4.69, 9.17) is 24.5 Å². The van der Waals surface area contributed by atoms with Gasteiger partial charge in [0.2, 0.25) is 0 Å². The van der Waals surface area contributed by atoms with Crippen LogP contribution >= 0.6 is 7.82 Å². The highest BCUT2D eigenvalue weighted by atomic mass is 31.2. The quantitative estimate of drug-likeness (QED) is 0.118. The van der Waals surface area contributed by atoms with Crippen LogP contribution in [-0.2, 0) is 23.3 Å². The van der Waals surface area contributed by atoms with E-state index in [9.17, 15) is 33.8 Å². The monoisotopic (exact) mass is 585 g/mol. The van der Waals surface area contributed by atoms with E-state index in [-0.39, 0.29) is 22.4 Å². The Labute approximate surface area is 234 Å². The number of Topliss-reactive ketones (excluding diaryl/α,β-unsaturated/α-hetero) is 1. The van der Waals surface area contributed by atoms with Crippen molar-refractivity contribution in [3.63, 3.8) is 0 Å². The number of carbonyl (C=O) groups is 3. The van der Waals surface area contributed by atoms with Crippen molar-refractivity contribution in [2.75, 3.05) is 12.3 Å². The number of anilines is 1. The predicted octanol–water partition coefficient (Wildman–Crippen LogP) is 2.53. The normalized spacial score (nSPS) is 22.5. The Morgan fingerprint density at radius 3 is 1.95 bits per heavy atom. The number of ketones is 1. The molecule has 5 atom stereocenters. The molecule has 0 aliphatic carbocycles. The van der Waals surface area contributed by atoms with E-state index in [1.165, 1.54) is 36.4 Å². The minimum Gasteiger partial charge on any atom is -0.459 e. The summed E-state index contributed by atoms with van der Waals surface area (Å²) < 4.78 is 33.5. The predicted molar refractivity (Wildman–Crippen MR) is 144 cm³/mol. The molecule has 216 valence electrons. The Kier molecular flexibility index (Phi) is 9.66. The molecule has 1 saturated heterocycles. The number of hydrogen-bond donors (Lipinski definition) is 4. The minimum absolute atomic E-state index is 0.0909. The fraction of sp³-hybridized carbons (Fsp3) is 0.250. The van der Waals surface area contributed by atoms with Crippen molar-refractivity contribution in [1.29, 1.82) is 0 Å². The number of aliphatic hydroxyl groups excluding tert-OH is 1. The van der Waals surface area contributed by atoms with Crippen molar-refractivity contribution in [3.05, 3.63) is 102 Å². The van der Waals surface area contributed by atoms with Crippen LogP contribution < -0.4 is 5.73 Å². The third-order valence-electron chi connectivity index (χ3n) is 6.30. The summed E-state index contributed by atoms with van der Waals surface area (Å²) in [5, 5.41) is 11.1. The first-order valence-electron chi connectivity index (χ1n) is 12.5. The lowest BCUT2D eigenvalue weighted by atomic mass is 9.90. The molecule has 41 heavy (non-hydrogen) atoms. The number of rotatable bonds is 10. The highest BCUT2D eigenvalue weighted by Crippen LogP contribution is 2.42. The molecule has 5 N–H and O–H groups in total. The largest absolute Gasteiger partial charge is 0.470 e. The summed E-state index contributed by atoms with van der Waals surface area (Å²) >= 11 is 0. The van der Waals surface area contributed by atoms with Crippen molar-refractivity contribution >= 4 is 31.2 Å². The number of esters is 2. The van der Waals surface area contributed by atoms with Gasteiger partial charge in [-0.05, 0) is 36.4 Å². The van der Waals surface area contributed by atoms with Crippen LogP contribution in [0, 0.1) is 0 Å². The van der Waals surface area contributed by atoms with Gasteiger partial charge in [0.05, 0.1) is 11.1 Å². The molecule has 0 aromatic heterocycles. The summed E-state index contributed by atoms with van der Waals surface area (Å²) in [5.74, 6) is -2.22. The molecule has 1 heterocycles. The molecular weight excluding hydrogens is 557 g/mol. The van der Waals surface area contributed by atoms with Crippen LogP contribution in [0.25, 0.3) is 0 Å². The molecule has 0 bridgehead atoms. The maximum absolute atomic E-state index is 13.2. The lowest BCUT2D eigenvalue weighted by Gasteiger charge is -2.43. The Bertz CT molecular complexity index is 1410. The second-order valence-electron chi connectivity index (χ2n) is 9.18. The second-order valence-corrected chi connectivity index (χ2v) is 10.4. The molecule has 0 saturated carbocycles. The molecule has 3 aromatic rings. The van der Waals surface area contributed by atoms with Gasteiger partial charge >= 0.3 is 19.8 Å². The second kappa shape index (κ2) is 13.2. The van der Waals surface area contributed by atoms with E-state index in [1.54, 1.807) is 48.5 Å². The number of ether oxygens (including phenoxy) is 3. The van der Waals surface area contributed by atoms with Crippen molar-refractivity contribution < 1.29 is 52.6 Å². The highest BCUT2D eigenvalue weighted by molar-refractivity contribution is 7.46. The van der Waals surface area contributed by atoms with E-state index in [2.05, 4.69) is 0 Å². The summed E-state index contributed by atoms with van der Waals surface area (Å²) in [7, 11) is -5.28. The molecule has 1 fully saturated rings. The van der Waals surface area contributed by atoms with Gasteiger partial charge in [-0.3, -0.25) is 9.32 Å². The molecule has 0 spiro atoms. The van der Waals surface area contributed by atoms with Gasteiger partial charge in [0.1, 0.15) is 31.0 Å². The third-order valence-corrected chi connectivity index (χ3v) is 6.82. The third kappa shape index (κ3) is 7.86. The first-order chi connectivity index (χ1) is 19.5. The van der Waals surface area contributed by atoms with E-state index in [0.29, 0.717) is 0 Å². The number of nitrogens with two attached hydrogens (primary N) is 1. The standard InChI is InChI=1S/C28H28NO11P/c29-20-14-8-7-13-19(20)21(30)15-22-25(39-28(33)18-11-5-2-6-12-18)26(40-41(34,35)36)24(31)23(38-22)16-37-27(32)17-9-3-1-4-10-17/h1-14,22-26,31H,15-16,29H2,(H2,34,35,36)/t22-,23+,24+,25-,26-/m0/s1. The van der Waals surface area contributed by atoms with Gasteiger partial charge in [0.25, 0.3) is 0 Å². The van der Waals surface area contributed by atoms with E-state index >= 15 is 0 Å². The zero-order chi connectivity index (χ0) is 29.6. The van der Waals surface area contributed by atoms with E-state index in [1.807, 2.05) is 0 Å². The van der Waals surface area contributed by atoms with Gasteiger partial charge in [0, 0.05) is 17.7 Å². The molecule has 3 aromatic carbocycles. The van der Waals surface area contributed by atoms with Crippen LogP contribution in [0.5, 0.6) is 0 Å². The summed E-state index contributed by atoms with van der Waals surface area (Å²) in [6.07, 6.45) is -8.69. The van der Waals surface area contributed by atoms with Crippen molar-refractivity contribution in [2.24, 2.45) is 0 Å². The molecule has 0 radical (unpaired) electrons. The molecule has 0 amide bonds. The zero-order valence-corrected chi connectivity index (χ0v) is 22.4. The number of phosphoric acid groups is 1. The van der Waals surface area contributed by atoms with Gasteiger partial charge in [-0.1, -0.05) is 48.5 Å². The van der Waals surface area contributed by atoms with Crippen LogP contribution in [0.4, 0.5) is 5.69 Å². The van der Waals surface area contributed by atoms with Gasteiger partial charge in [-0.25, -0.2) is 14.2 Å². The molecule has 0 unspecified atom stereocenters. The number of benzene rings is 3. The average Bonchev–Trinajstić information content (AvgIpc) is 2.95. The first kappa shape index (κ1) is 30.1. The SMILES string of the molecule is Nc1ccccc1C(=O)C[C@@H]1O[C@H](COC(=O)c2ccccc2)[C@@H](O)[C@H](OP(=O)(O)O)[C@H]1OC(=O)c1ccccc1. The molecule has 4 rings (SSSR count). The van der Waals surface area contributed by atoms with Crippen LogP contribution in [-0.4, -0.2) is 69.7 Å². The van der Waals surface area contributed by atoms with Crippen LogP contribution in [0.1, 0.15) is 37.5 Å². The van der Waals surface area contributed by atoms with Gasteiger partial charge in [0.15, 0.2) is 11.9 Å². The van der Waals surface area contributed by atoms with Gasteiger partial charge < -0.3 is 34.8 Å². The van der Waals surface area contributed by atoms with E-state index in [0.717, 1.165) is 0 Å². The molecule has 12 nitrogen and oxygen atoms in total. The number of hydrogen-bond acceptors (Lipinski definition) is 10. The van der Waals surface area contributed by atoms with Crippen LogP contribution in [0.15, 0.2) is 84.9 Å². The lowest BCUT2D eigenvalue weighted by molar-refractivity contribution is -0.224. The molecule has 13 heteroatoms. The van der Waals surface area contributed by atoms with Gasteiger partial charge in [-0.15, -0.1) is 0 Å². The smallest absolute Gasteiger partial charge is 0.459 e. The lowest BCUT2D eigenvalue weighted by Crippen LogP contribution is -2.61. The summed E-state index contributed by atoms with van der Waals surface area (Å²) in [6.45, 7) is -0.576. The topological polar surface area (TPSA) is 192 Å². The van der Waals surface area contributed by atoms with Crippen LogP contribution in [0.2, 0.25) is 0 Å². The van der Waals surface area contributed by atoms with Crippen molar-refractivity contribution in [1.82, 2.24) is 0 Å². The Balaban J connectivity index is 1.64. The molecule has 1 aliphatic rings. The van der Waals surface area contributed by atoms with Crippen molar-refractivity contribution in [3.8, 4) is 0 Å². The summed E-state index contributed by atoms with van der Waals surface area (Å²) in [4.78, 5) is 57.9. The van der Waals surface area contributed by atoms with E-state index < -0.39 is 69.1 Å². The number of aliphatic hydroxyl groups is 1. The Morgan fingerprint density at radius 2 is 1.37 bits per heavy atom. The number of carbonyl (C=O) groups excluding carboxylic acids is 3. The molecule has 1 aliphatic heterocycles. The summed E-state index contributed by atoms with van der Waals surface area (Å²) in [6, 6.07) is 21.9. The summed E-state index contributed by atoms with van der Waals surface area (Å²) in [5.41, 5.74) is 6.55. The fourth-order valence-corrected chi connectivity index (χ4v) is 4.91. The number of phosphoric ester groups is 1. The average molecular weight is 586 g/mol.